The summed E-state index contributed by atoms with van der Waals surface area (Å²) in [5, 5.41) is 1.14. The predicted molar refractivity (Wildman–Crippen MR) is 64.0 cm³/mol. The first-order valence-electron chi connectivity index (χ1n) is 4.30. The fourth-order valence-electron chi connectivity index (χ4n) is 1.39. The summed E-state index contributed by atoms with van der Waals surface area (Å²) in [4.78, 5) is 23.1. The van der Waals surface area contributed by atoms with Crippen LogP contribution in [0, 0.1) is 0 Å². The minimum Gasteiger partial charge on any atom is -0.399 e. The molecule has 76 valence electrons. The lowest BCUT2D eigenvalue weighted by atomic mass is 10.2. The molecule has 15 heavy (non-hydrogen) atoms. The summed E-state index contributed by atoms with van der Waals surface area (Å²) in [6.07, 6.45) is 0. The first-order valence-corrected chi connectivity index (χ1v) is 4.82. The minimum atomic E-state index is -0.361. The average Bonchev–Trinajstić information content (AvgIpc) is 2.32. The van der Waals surface area contributed by atoms with Crippen LogP contribution in [0.5, 0.6) is 0 Å². The van der Waals surface area contributed by atoms with Crippen molar-refractivity contribution in [3.8, 4) is 0 Å². The summed E-state index contributed by atoms with van der Waals surface area (Å²) in [7, 11) is 2.10. The van der Waals surface area contributed by atoms with Gasteiger partial charge in [0.15, 0.2) is 0 Å². The molecule has 1 aromatic heterocycles. The maximum absolute atomic E-state index is 11.8. The first-order chi connectivity index (χ1) is 7.09. The number of anilines is 1. The Morgan fingerprint density at radius 1 is 1.13 bits per heavy atom. The number of hydrogen-bond donors (Lipinski definition) is 1. The smallest absolute Gasteiger partial charge is 0.264 e. The molecule has 0 aliphatic rings. The van der Waals surface area contributed by atoms with Crippen LogP contribution in [0.15, 0.2) is 39.9 Å². The van der Waals surface area contributed by atoms with E-state index in [9.17, 15) is 9.59 Å². The quantitative estimate of drug-likeness (QED) is 0.521. The largest absolute Gasteiger partial charge is 0.399 e. The summed E-state index contributed by atoms with van der Waals surface area (Å²) < 4.78 is 0.999. The molecule has 0 fully saturated rings. The molecule has 0 radical (unpaired) electrons. The number of fused-ring (bicyclic) bond motifs is 1. The highest BCUT2D eigenvalue weighted by molar-refractivity contribution is 7.14. The van der Waals surface area contributed by atoms with Gasteiger partial charge in [-0.2, -0.15) is 0 Å². The van der Waals surface area contributed by atoms with Gasteiger partial charge in [0.05, 0.1) is 0 Å². The van der Waals surface area contributed by atoms with E-state index in [1.807, 2.05) is 0 Å². The Bertz CT molecular complexity index is 649. The van der Waals surface area contributed by atoms with Gasteiger partial charge in [0.25, 0.3) is 11.1 Å². The fourth-order valence-corrected chi connectivity index (χ4v) is 1.61. The average molecular weight is 220 g/mol. The Morgan fingerprint density at radius 3 is 2.60 bits per heavy atom. The monoisotopic (exact) mass is 220 g/mol. The molecule has 1 aromatic carbocycles. The Hall–Kier alpha value is -1.67. The van der Waals surface area contributed by atoms with Gasteiger partial charge in [-0.3, -0.25) is 13.9 Å². The van der Waals surface area contributed by atoms with Crippen LogP contribution >= 0.6 is 9.39 Å². The van der Waals surface area contributed by atoms with E-state index < -0.39 is 0 Å². The molecular formula is C10H9N2O2P. The molecule has 1 heterocycles. The molecule has 2 rings (SSSR count). The van der Waals surface area contributed by atoms with Crippen molar-refractivity contribution in [2.75, 3.05) is 5.73 Å². The minimum absolute atomic E-state index is 0.343. The van der Waals surface area contributed by atoms with Gasteiger partial charge in [0.2, 0.25) is 0 Å². The van der Waals surface area contributed by atoms with Gasteiger partial charge in [-0.05, 0) is 39.0 Å². The third-order valence-electron chi connectivity index (χ3n) is 2.17. The van der Waals surface area contributed by atoms with Crippen molar-refractivity contribution < 1.29 is 0 Å². The summed E-state index contributed by atoms with van der Waals surface area (Å²) in [6, 6.07) is 7.86. The fraction of sp³-hybridized carbons (Fsp3) is 0. The number of nitrogen functional groups attached to an aromatic ring is 1. The standard InChI is InChI=1S/C10H9N2O2P/c11-7-2-3-8-6(5-7)1-4-9(13)12(15)10(8)14/h1-5H,11,15H2. The van der Waals surface area contributed by atoms with Crippen molar-refractivity contribution >= 4 is 25.9 Å². The molecule has 4 nitrogen and oxygen atoms in total. The van der Waals surface area contributed by atoms with E-state index >= 15 is 0 Å². The van der Waals surface area contributed by atoms with Crippen LogP contribution in [-0.2, 0) is 0 Å². The number of rotatable bonds is 0. The number of nitrogens with zero attached hydrogens (tertiary/aromatic N) is 1. The van der Waals surface area contributed by atoms with Crippen molar-refractivity contribution in [2.24, 2.45) is 0 Å². The second kappa shape index (κ2) is 3.48. The van der Waals surface area contributed by atoms with E-state index in [2.05, 4.69) is 9.39 Å². The third-order valence-corrected chi connectivity index (χ3v) is 2.66. The van der Waals surface area contributed by atoms with Gasteiger partial charge in [-0.1, -0.05) is 0 Å². The Kier molecular flexibility index (Phi) is 2.29. The lowest BCUT2D eigenvalue weighted by Crippen LogP contribution is -2.21. The predicted octanol–water partition coefficient (Wildman–Crippen LogP) is 0.582. The van der Waals surface area contributed by atoms with Crippen LogP contribution in [0.1, 0.15) is 0 Å². The van der Waals surface area contributed by atoms with E-state index in [0.29, 0.717) is 16.5 Å². The molecule has 0 saturated carbocycles. The molecule has 2 N–H and O–H groups in total. The number of aromatic nitrogens is 1. The van der Waals surface area contributed by atoms with Gasteiger partial charge >= 0.3 is 0 Å². The molecule has 1 unspecified atom stereocenters. The second-order valence-electron chi connectivity index (χ2n) is 3.19. The lowest BCUT2D eigenvalue weighted by molar-refractivity contribution is 1.12. The molecule has 0 amide bonds. The lowest BCUT2D eigenvalue weighted by Gasteiger charge is -1.94. The Balaban J connectivity index is 3.11. The molecule has 1 atom stereocenters. The Labute approximate surface area is 87.6 Å². The van der Waals surface area contributed by atoms with Gasteiger partial charge in [0.1, 0.15) is 0 Å². The second-order valence-corrected chi connectivity index (χ2v) is 3.71. The summed E-state index contributed by atoms with van der Waals surface area (Å²) in [5.41, 5.74) is 5.46. The zero-order valence-electron chi connectivity index (χ0n) is 7.81. The van der Waals surface area contributed by atoms with E-state index in [1.54, 1.807) is 24.3 Å². The Morgan fingerprint density at radius 2 is 1.87 bits per heavy atom. The van der Waals surface area contributed by atoms with E-state index in [0.717, 1.165) is 4.34 Å². The topological polar surface area (TPSA) is 65.1 Å². The number of hydrogen-bond acceptors (Lipinski definition) is 3. The van der Waals surface area contributed by atoms with Crippen LogP contribution in [0.25, 0.3) is 10.8 Å². The normalized spacial score (nSPS) is 10.5. The van der Waals surface area contributed by atoms with Crippen molar-refractivity contribution in [3.63, 3.8) is 0 Å². The highest BCUT2D eigenvalue weighted by atomic mass is 31.0. The van der Waals surface area contributed by atoms with Crippen LogP contribution in [-0.4, -0.2) is 4.34 Å². The van der Waals surface area contributed by atoms with Crippen molar-refractivity contribution in [1.82, 2.24) is 4.34 Å². The van der Waals surface area contributed by atoms with E-state index in [-0.39, 0.29) is 11.1 Å². The van der Waals surface area contributed by atoms with Gasteiger partial charge in [0, 0.05) is 17.1 Å². The van der Waals surface area contributed by atoms with Gasteiger partial charge < -0.3 is 5.73 Å². The molecule has 2 aromatic rings. The van der Waals surface area contributed by atoms with Crippen molar-refractivity contribution in [1.29, 1.82) is 0 Å². The highest BCUT2D eigenvalue weighted by Gasteiger charge is 2.00. The van der Waals surface area contributed by atoms with Crippen LogP contribution in [0.3, 0.4) is 0 Å². The summed E-state index contributed by atoms with van der Waals surface area (Å²) in [5.74, 6) is 0. The highest BCUT2D eigenvalue weighted by Crippen LogP contribution is 2.12. The van der Waals surface area contributed by atoms with E-state index in [4.69, 9.17) is 5.73 Å². The molecule has 5 heteroatoms. The maximum atomic E-state index is 11.8. The van der Waals surface area contributed by atoms with Crippen LogP contribution in [0.2, 0.25) is 0 Å². The van der Waals surface area contributed by atoms with Crippen LogP contribution in [0.4, 0.5) is 5.69 Å². The van der Waals surface area contributed by atoms with Crippen LogP contribution < -0.4 is 16.9 Å². The van der Waals surface area contributed by atoms with Gasteiger partial charge in [-0.15, -0.1) is 0 Å². The molecule has 0 saturated heterocycles. The third kappa shape index (κ3) is 1.64. The number of nitrogens with two attached hydrogens (primary N) is 1. The summed E-state index contributed by atoms with van der Waals surface area (Å²) >= 11 is 0. The molecular weight excluding hydrogens is 211 g/mol. The number of benzene rings is 1. The first kappa shape index (κ1) is 9.87. The van der Waals surface area contributed by atoms with E-state index in [1.165, 1.54) is 6.07 Å². The van der Waals surface area contributed by atoms with Gasteiger partial charge in [-0.25, -0.2) is 0 Å². The molecule has 0 aliphatic carbocycles. The molecule has 0 aliphatic heterocycles. The van der Waals surface area contributed by atoms with Crippen molar-refractivity contribution in [2.45, 2.75) is 0 Å². The summed E-state index contributed by atoms with van der Waals surface area (Å²) in [6.45, 7) is 0. The van der Waals surface area contributed by atoms with Crippen molar-refractivity contribution in [3.05, 3.63) is 51.0 Å². The zero-order chi connectivity index (χ0) is 11.0. The molecule has 0 spiro atoms. The zero-order valence-corrected chi connectivity index (χ0v) is 8.96. The SMILES string of the molecule is Nc1ccc2c(=O)n(P)c(=O)ccc2c1. The maximum Gasteiger partial charge on any atom is 0.264 e. The molecule has 0 bridgehead atoms.